The van der Waals surface area contributed by atoms with Gasteiger partial charge in [-0.3, -0.25) is 10.1 Å². The van der Waals surface area contributed by atoms with Crippen molar-refractivity contribution < 1.29 is 14.3 Å². The number of anilines is 1. The molecule has 0 unspecified atom stereocenters. The van der Waals surface area contributed by atoms with E-state index in [2.05, 4.69) is 10.6 Å². The lowest BCUT2D eigenvalue weighted by Gasteiger charge is -2.18. The first-order valence-electron chi connectivity index (χ1n) is 8.44. The number of hydrogen-bond acceptors (Lipinski definition) is 3. The topological polar surface area (TPSA) is 67.4 Å². The van der Waals surface area contributed by atoms with E-state index < -0.39 is 6.09 Å². The number of hydrogen-bond donors (Lipinski definition) is 2. The van der Waals surface area contributed by atoms with E-state index in [1.807, 2.05) is 38.1 Å². The first-order chi connectivity index (χ1) is 12.0. The summed E-state index contributed by atoms with van der Waals surface area (Å²) in [5, 5.41) is 5.64. The predicted molar refractivity (Wildman–Crippen MR) is 98.8 cm³/mol. The Kier molecular flexibility index (Phi) is 6.57. The third-order valence-corrected chi connectivity index (χ3v) is 3.84. The SMILES string of the molecule is CCOC(=O)Nc1cccc(C(=O)N[C@@H](CC)c2ccc(C)cc2)c1. The second-order valence-corrected chi connectivity index (χ2v) is 5.77. The number of aryl methyl sites for hydroxylation is 1. The van der Waals surface area contributed by atoms with Gasteiger partial charge in [0.2, 0.25) is 0 Å². The fourth-order valence-corrected chi connectivity index (χ4v) is 2.48. The average Bonchev–Trinajstić information content (AvgIpc) is 2.60. The van der Waals surface area contributed by atoms with E-state index in [4.69, 9.17) is 4.74 Å². The Labute approximate surface area is 148 Å². The molecule has 0 saturated heterocycles. The van der Waals surface area contributed by atoms with Crippen molar-refractivity contribution in [3.8, 4) is 0 Å². The van der Waals surface area contributed by atoms with Gasteiger partial charge in [-0.05, 0) is 44.0 Å². The molecule has 0 spiro atoms. The first kappa shape index (κ1) is 18.5. The van der Waals surface area contributed by atoms with Crippen molar-refractivity contribution >= 4 is 17.7 Å². The lowest BCUT2D eigenvalue weighted by Crippen LogP contribution is -2.28. The van der Waals surface area contributed by atoms with Gasteiger partial charge in [0, 0.05) is 11.3 Å². The van der Waals surface area contributed by atoms with Crippen LogP contribution in [-0.4, -0.2) is 18.6 Å². The largest absolute Gasteiger partial charge is 0.450 e. The van der Waals surface area contributed by atoms with Crippen molar-refractivity contribution in [2.24, 2.45) is 0 Å². The summed E-state index contributed by atoms with van der Waals surface area (Å²) < 4.78 is 4.84. The summed E-state index contributed by atoms with van der Waals surface area (Å²) in [6.07, 6.45) is 0.251. The lowest BCUT2D eigenvalue weighted by molar-refractivity contribution is 0.0935. The molecular formula is C20H24N2O3. The van der Waals surface area contributed by atoms with Crippen LogP contribution in [0.1, 0.15) is 47.8 Å². The lowest BCUT2D eigenvalue weighted by atomic mass is 10.0. The maximum absolute atomic E-state index is 12.6. The molecule has 0 heterocycles. The molecule has 0 aliphatic heterocycles. The maximum atomic E-state index is 12.6. The number of amides is 2. The standard InChI is InChI=1S/C20H24N2O3/c1-4-18(15-11-9-14(3)10-12-15)22-19(23)16-7-6-8-17(13-16)21-20(24)25-5-2/h6-13,18H,4-5H2,1-3H3,(H,21,24)(H,22,23)/t18-/m0/s1. The van der Waals surface area contributed by atoms with Crippen LogP contribution >= 0.6 is 0 Å². The van der Waals surface area contributed by atoms with Gasteiger partial charge in [-0.15, -0.1) is 0 Å². The van der Waals surface area contributed by atoms with Gasteiger partial charge < -0.3 is 10.1 Å². The Morgan fingerprint density at radius 3 is 2.44 bits per heavy atom. The molecule has 25 heavy (non-hydrogen) atoms. The zero-order chi connectivity index (χ0) is 18.2. The van der Waals surface area contributed by atoms with Crippen LogP contribution < -0.4 is 10.6 Å². The third-order valence-electron chi connectivity index (χ3n) is 3.84. The van der Waals surface area contributed by atoms with Crippen LogP contribution in [0.3, 0.4) is 0 Å². The van der Waals surface area contributed by atoms with Gasteiger partial charge in [0.15, 0.2) is 0 Å². The van der Waals surface area contributed by atoms with Crippen molar-refractivity contribution in [3.63, 3.8) is 0 Å². The molecule has 2 amide bonds. The molecule has 0 aromatic heterocycles. The zero-order valence-electron chi connectivity index (χ0n) is 14.8. The van der Waals surface area contributed by atoms with E-state index in [9.17, 15) is 9.59 Å². The van der Waals surface area contributed by atoms with Crippen LogP contribution in [0.4, 0.5) is 10.5 Å². The number of rotatable bonds is 6. The number of benzene rings is 2. The van der Waals surface area contributed by atoms with Crippen molar-refractivity contribution in [2.45, 2.75) is 33.2 Å². The van der Waals surface area contributed by atoms with Gasteiger partial charge in [0.25, 0.3) is 5.91 Å². The molecule has 0 aliphatic rings. The van der Waals surface area contributed by atoms with E-state index in [1.54, 1.807) is 31.2 Å². The highest BCUT2D eigenvalue weighted by atomic mass is 16.5. The van der Waals surface area contributed by atoms with Gasteiger partial charge in [0.05, 0.1) is 12.6 Å². The Morgan fingerprint density at radius 2 is 1.80 bits per heavy atom. The minimum Gasteiger partial charge on any atom is -0.450 e. The highest BCUT2D eigenvalue weighted by molar-refractivity contribution is 5.96. The molecule has 0 aliphatic carbocycles. The molecule has 5 heteroatoms. The highest BCUT2D eigenvalue weighted by Gasteiger charge is 2.14. The molecule has 0 radical (unpaired) electrons. The minimum atomic E-state index is -0.536. The van der Waals surface area contributed by atoms with Gasteiger partial charge >= 0.3 is 6.09 Å². The monoisotopic (exact) mass is 340 g/mol. The number of carbonyl (C=O) groups excluding carboxylic acids is 2. The summed E-state index contributed by atoms with van der Waals surface area (Å²) in [7, 11) is 0. The normalized spacial score (nSPS) is 11.5. The number of nitrogens with one attached hydrogen (secondary N) is 2. The van der Waals surface area contributed by atoms with E-state index in [-0.39, 0.29) is 11.9 Å². The molecular weight excluding hydrogens is 316 g/mol. The fourth-order valence-electron chi connectivity index (χ4n) is 2.48. The Balaban J connectivity index is 2.08. The molecule has 2 aromatic rings. The fraction of sp³-hybridized carbons (Fsp3) is 0.300. The number of carbonyl (C=O) groups is 2. The third kappa shape index (κ3) is 5.35. The van der Waals surface area contributed by atoms with Crippen LogP contribution in [0.5, 0.6) is 0 Å². The zero-order valence-corrected chi connectivity index (χ0v) is 14.8. The van der Waals surface area contributed by atoms with Crippen molar-refractivity contribution in [3.05, 3.63) is 65.2 Å². The molecule has 2 aromatic carbocycles. The quantitative estimate of drug-likeness (QED) is 0.816. The highest BCUT2D eigenvalue weighted by Crippen LogP contribution is 2.19. The molecule has 2 rings (SSSR count). The minimum absolute atomic E-state index is 0.0604. The van der Waals surface area contributed by atoms with Crippen LogP contribution in [0.15, 0.2) is 48.5 Å². The first-order valence-corrected chi connectivity index (χ1v) is 8.44. The Morgan fingerprint density at radius 1 is 1.08 bits per heavy atom. The van der Waals surface area contributed by atoms with E-state index in [1.165, 1.54) is 5.56 Å². The van der Waals surface area contributed by atoms with Crippen LogP contribution in [0.25, 0.3) is 0 Å². The van der Waals surface area contributed by atoms with Gasteiger partial charge in [-0.25, -0.2) is 4.79 Å². The molecule has 1 atom stereocenters. The van der Waals surface area contributed by atoms with E-state index >= 15 is 0 Å². The second kappa shape index (κ2) is 8.87. The summed E-state index contributed by atoms with van der Waals surface area (Å²) in [4.78, 5) is 24.1. The van der Waals surface area contributed by atoms with Crippen molar-refractivity contribution in [1.82, 2.24) is 5.32 Å². The Bertz CT molecular complexity index is 726. The predicted octanol–water partition coefficient (Wildman–Crippen LogP) is 4.44. The van der Waals surface area contributed by atoms with Crippen LogP contribution in [0, 0.1) is 6.92 Å². The Hall–Kier alpha value is -2.82. The van der Waals surface area contributed by atoms with Gasteiger partial charge in [-0.2, -0.15) is 0 Å². The average molecular weight is 340 g/mol. The second-order valence-electron chi connectivity index (χ2n) is 5.77. The van der Waals surface area contributed by atoms with Gasteiger partial charge in [-0.1, -0.05) is 42.8 Å². The molecule has 0 saturated carbocycles. The van der Waals surface area contributed by atoms with Crippen LogP contribution in [-0.2, 0) is 4.74 Å². The molecule has 0 fully saturated rings. The molecule has 5 nitrogen and oxygen atoms in total. The van der Waals surface area contributed by atoms with E-state index in [0.29, 0.717) is 17.9 Å². The summed E-state index contributed by atoms with van der Waals surface area (Å²) in [6.45, 7) is 6.09. The van der Waals surface area contributed by atoms with Crippen molar-refractivity contribution in [1.29, 1.82) is 0 Å². The van der Waals surface area contributed by atoms with Crippen molar-refractivity contribution in [2.75, 3.05) is 11.9 Å². The van der Waals surface area contributed by atoms with Gasteiger partial charge in [0.1, 0.15) is 0 Å². The maximum Gasteiger partial charge on any atom is 0.411 e. The number of ether oxygens (including phenoxy) is 1. The van der Waals surface area contributed by atoms with E-state index in [0.717, 1.165) is 12.0 Å². The van der Waals surface area contributed by atoms with Crippen LogP contribution in [0.2, 0.25) is 0 Å². The molecule has 2 N–H and O–H groups in total. The summed E-state index contributed by atoms with van der Waals surface area (Å²) in [5.74, 6) is -0.181. The molecule has 0 bridgehead atoms. The summed E-state index contributed by atoms with van der Waals surface area (Å²) in [5.41, 5.74) is 3.26. The smallest absolute Gasteiger partial charge is 0.411 e. The summed E-state index contributed by atoms with van der Waals surface area (Å²) >= 11 is 0. The molecule has 132 valence electrons. The summed E-state index contributed by atoms with van der Waals surface area (Å²) in [6, 6.07) is 14.9.